The molecule has 0 spiro atoms. The molecule has 4 aromatic rings. The Hall–Kier alpha value is -3.49. The number of hydrogen-bond acceptors (Lipinski definition) is 10. The van der Waals surface area contributed by atoms with Gasteiger partial charge in [0.1, 0.15) is 17.6 Å². The summed E-state index contributed by atoms with van der Waals surface area (Å²) in [4.78, 5) is 22.9. The largest absolute Gasteiger partial charge is 0.358 e. The predicted molar refractivity (Wildman–Crippen MR) is 172 cm³/mol. The quantitative estimate of drug-likeness (QED) is 0.227. The number of sulfone groups is 1. The summed E-state index contributed by atoms with van der Waals surface area (Å²) in [5.41, 5.74) is 3.57. The average Bonchev–Trinajstić information content (AvgIpc) is 3.53. The number of aryl methyl sites for hydroxylation is 2. The van der Waals surface area contributed by atoms with Crippen molar-refractivity contribution in [2.24, 2.45) is 4.99 Å². The molecule has 0 aliphatic carbocycles. The Morgan fingerprint density at radius 1 is 1.07 bits per heavy atom. The Labute approximate surface area is 265 Å². The molecular weight excluding hydrogens is 621 g/mol. The molecule has 0 radical (unpaired) electrons. The fourth-order valence-electron chi connectivity index (χ4n) is 5.70. The Kier molecular flexibility index (Phi) is 8.42. The van der Waals surface area contributed by atoms with Gasteiger partial charge in [-0.3, -0.25) is 9.56 Å². The van der Waals surface area contributed by atoms with Crippen molar-refractivity contribution in [1.29, 1.82) is 0 Å². The van der Waals surface area contributed by atoms with Gasteiger partial charge in [-0.1, -0.05) is 6.07 Å². The number of thioether (sulfide) groups is 1. The number of halogens is 2. The number of pyridine rings is 1. The van der Waals surface area contributed by atoms with Gasteiger partial charge in [0, 0.05) is 36.3 Å². The topological polar surface area (TPSA) is 124 Å². The first-order valence-electron chi connectivity index (χ1n) is 14.7. The van der Waals surface area contributed by atoms with Crippen LogP contribution in [0, 0.1) is 13.8 Å². The number of fused-ring (bicyclic) bond motifs is 1. The maximum absolute atomic E-state index is 14.5. The SMILES string of the molecule is Cc1cc(Cc2cc(Nc3ccc(C4=NC(C)(C)CS4)cc3S(C)(=O)=O)c3nc(C(F)F)n(C4CCCCO4)c3n2)nc(C)n1. The first kappa shape index (κ1) is 31.5. The number of rotatable bonds is 8. The number of alkyl halides is 2. The van der Waals surface area contributed by atoms with E-state index in [4.69, 9.17) is 14.7 Å². The molecule has 0 amide bonds. The first-order valence-corrected chi connectivity index (χ1v) is 17.6. The number of hydrogen-bond donors (Lipinski definition) is 1. The molecule has 45 heavy (non-hydrogen) atoms. The Balaban J connectivity index is 1.51. The van der Waals surface area contributed by atoms with Crippen LogP contribution >= 0.6 is 11.8 Å². The van der Waals surface area contributed by atoms with Crippen molar-refractivity contribution in [3.63, 3.8) is 0 Å². The number of nitrogens with one attached hydrogen (secondary N) is 1. The minimum Gasteiger partial charge on any atom is -0.358 e. The first-order chi connectivity index (χ1) is 21.3. The average molecular weight is 656 g/mol. The molecule has 5 heterocycles. The van der Waals surface area contributed by atoms with Gasteiger partial charge in [-0.15, -0.1) is 11.8 Å². The smallest absolute Gasteiger partial charge is 0.295 e. The number of aliphatic imine (C=N–C) groups is 1. The third-order valence-corrected chi connectivity index (χ3v) is 10.2. The van der Waals surface area contributed by atoms with Gasteiger partial charge >= 0.3 is 0 Å². The molecule has 238 valence electrons. The second-order valence-electron chi connectivity index (χ2n) is 12.1. The van der Waals surface area contributed by atoms with Crippen molar-refractivity contribution in [3.8, 4) is 0 Å². The molecule has 10 nitrogen and oxygen atoms in total. The maximum atomic E-state index is 14.5. The summed E-state index contributed by atoms with van der Waals surface area (Å²) in [7, 11) is -3.71. The Bertz CT molecular complexity index is 1900. The van der Waals surface area contributed by atoms with Crippen LogP contribution in [0.25, 0.3) is 11.2 Å². The van der Waals surface area contributed by atoms with Crippen LogP contribution in [0.3, 0.4) is 0 Å². The zero-order valence-corrected chi connectivity index (χ0v) is 27.4. The lowest BCUT2D eigenvalue weighted by Gasteiger charge is -2.25. The molecule has 2 aliphatic rings. The number of aromatic nitrogens is 5. The van der Waals surface area contributed by atoms with Crippen LogP contribution in [0.5, 0.6) is 0 Å². The summed E-state index contributed by atoms with van der Waals surface area (Å²) in [5.74, 6) is 0.951. The third-order valence-electron chi connectivity index (χ3n) is 7.61. The highest BCUT2D eigenvalue weighted by Gasteiger charge is 2.30. The minimum absolute atomic E-state index is 0.0608. The molecule has 3 aromatic heterocycles. The molecular formula is C31H35F2N7O3S2. The second-order valence-corrected chi connectivity index (χ2v) is 15.1. The van der Waals surface area contributed by atoms with Crippen LogP contribution in [-0.4, -0.2) is 62.1 Å². The molecule has 2 aliphatic heterocycles. The van der Waals surface area contributed by atoms with E-state index in [1.807, 2.05) is 32.9 Å². The van der Waals surface area contributed by atoms with Crippen LogP contribution in [0.4, 0.5) is 20.2 Å². The molecule has 1 N–H and O–H groups in total. The summed E-state index contributed by atoms with van der Waals surface area (Å²) in [6.45, 7) is 8.18. The fraction of sp³-hybridized carbons (Fsp3) is 0.452. The summed E-state index contributed by atoms with van der Waals surface area (Å²) in [5, 5.41) is 4.00. The second kappa shape index (κ2) is 12.0. The Morgan fingerprint density at radius 3 is 2.49 bits per heavy atom. The zero-order valence-electron chi connectivity index (χ0n) is 25.8. The summed E-state index contributed by atoms with van der Waals surface area (Å²) in [6, 6.07) is 8.66. The van der Waals surface area contributed by atoms with E-state index in [0.29, 0.717) is 53.6 Å². The standard InChI is InChI=1S/C31H35F2N7O3S2/c1-17-12-20(35-18(2)34-17)14-21-15-23(26-28(36-21)40(29(38-26)27(32)33)25-8-6-7-11-43-25)37-22-10-9-19(13-24(22)45(5,41)42)30-39-31(3,4)16-44-30/h9-10,12-13,15,25,27H,6-8,11,14,16H2,1-5H3,(H,36,37). The van der Waals surface area contributed by atoms with E-state index >= 15 is 0 Å². The van der Waals surface area contributed by atoms with Gasteiger partial charge in [0.2, 0.25) is 0 Å². The maximum Gasteiger partial charge on any atom is 0.295 e. The monoisotopic (exact) mass is 655 g/mol. The van der Waals surface area contributed by atoms with E-state index in [9.17, 15) is 17.2 Å². The predicted octanol–water partition coefficient (Wildman–Crippen LogP) is 6.48. The molecule has 0 bridgehead atoms. The van der Waals surface area contributed by atoms with Gasteiger partial charge in [-0.05, 0) is 71.2 Å². The van der Waals surface area contributed by atoms with Gasteiger partial charge in [0.15, 0.2) is 21.3 Å². The van der Waals surface area contributed by atoms with Crippen molar-refractivity contribution in [2.75, 3.05) is 23.9 Å². The molecule has 1 unspecified atom stereocenters. The number of ether oxygens (including phenoxy) is 1. The van der Waals surface area contributed by atoms with Gasteiger partial charge in [0.25, 0.3) is 6.43 Å². The van der Waals surface area contributed by atoms with Crippen LogP contribution < -0.4 is 5.32 Å². The number of imidazole rings is 1. The normalized spacial score (nSPS) is 18.5. The molecule has 6 rings (SSSR count). The van der Waals surface area contributed by atoms with E-state index < -0.39 is 28.3 Å². The lowest BCUT2D eigenvalue weighted by molar-refractivity contribution is -0.0363. The zero-order chi connectivity index (χ0) is 32.1. The lowest BCUT2D eigenvalue weighted by atomic mass is 10.1. The van der Waals surface area contributed by atoms with E-state index in [0.717, 1.165) is 35.6 Å². The molecule has 1 aromatic carbocycles. The van der Waals surface area contributed by atoms with Crippen LogP contribution in [-0.2, 0) is 21.0 Å². The molecule has 1 atom stereocenters. The molecule has 14 heteroatoms. The number of benzene rings is 1. The highest BCUT2D eigenvalue weighted by molar-refractivity contribution is 8.14. The third kappa shape index (κ3) is 6.73. The van der Waals surface area contributed by atoms with Crippen LogP contribution in [0.2, 0.25) is 0 Å². The van der Waals surface area contributed by atoms with Crippen molar-refractivity contribution in [3.05, 3.63) is 64.6 Å². The lowest BCUT2D eigenvalue weighted by Crippen LogP contribution is -2.20. The van der Waals surface area contributed by atoms with Gasteiger partial charge in [-0.25, -0.2) is 37.1 Å². The molecule has 1 fully saturated rings. The van der Waals surface area contributed by atoms with E-state index in [1.54, 1.807) is 36.9 Å². The number of nitrogens with zero attached hydrogens (tertiary/aromatic N) is 6. The van der Waals surface area contributed by atoms with Gasteiger partial charge < -0.3 is 10.1 Å². The van der Waals surface area contributed by atoms with Crippen molar-refractivity contribution in [2.45, 2.75) is 76.5 Å². The summed E-state index contributed by atoms with van der Waals surface area (Å²) >= 11 is 1.58. The fourth-order valence-corrected chi connectivity index (χ4v) is 7.71. The van der Waals surface area contributed by atoms with E-state index in [-0.39, 0.29) is 21.6 Å². The van der Waals surface area contributed by atoms with Crippen LogP contribution in [0.1, 0.15) is 80.1 Å². The number of anilines is 2. The van der Waals surface area contributed by atoms with Gasteiger partial charge in [-0.2, -0.15) is 0 Å². The molecule has 1 saturated heterocycles. The summed E-state index contributed by atoms with van der Waals surface area (Å²) in [6.07, 6.45) is 0.116. The van der Waals surface area contributed by atoms with Gasteiger partial charge in [0.05, 0.1) is 38.2 Å². The van der Waals surface area contributed by atoms with E-state index in [2.05, 4.69) is 20.3 Å². The van der Waals surface area contributed by atoms with Crippen molar-refractivity contribution >= 4 is 49.2 Å². The molecule has 0 saturated carbocycles. The van der Waals surface area contributed by atoms with Crippen molar-refractivity contribution in [1.82, 2.24) is 24.5 Å². The highest BCUT2D eigenvalue weighted by atomic mass is 32.2. The highest BCUT2D eigenvalue weighted by Crippen LogP contribution is 2.38. The summed E-state index contributed by atoms with van der Waals surface area (Å²) < 4.78 is 62.4. The van der Waals surface area contributed by atoms with Crippen molar-refractivity contribution < 1.29 is 21.9 Å². The van der Waals surface area contributed by atoms with Crippen LogP contribution in [0.15, 0.2) is 40.2 Å². The minimum atomic E-state index is -3.71. The Morgan fingerprint density at radius 2 is 1.84 bits per heavy atom. The van der Waals surface area contributed by atoms with E-state index in [1.165, 1.54) is 4.57 Å².